The maximum atomic E-state index is 6.07. The molecule has 0 atom stereocenters. The molecule has 0 aromatic heterocycles. The Hall–Kier alpha value is 0.0769. The summed E-state index contributed by atoms with van der Waals surface area (Å²) in [4.78, 5) is 0. The number of rotatable bonds is 2. The minimum atomic E-state index is -2.86. The third kappa shape index (κ3) is 2.34. The molecule has 2 aromatic carbocycles. The summed E-state index contributed by atoms with van der Waals surface area (Å²) in [6, 6.07) is 8.81. The van der Waals surface area contributed by atoms with Crippen LogP contribution in [0.25, 0.3) is 10.8 Å². The van der Waals surface area contributed by atoms with Crippen molar-refractivity contribution in [2.75, 3.05) is 0 Å². The Morgan fingerprint density at radius 1 is 0.875 bits per heavy atom. The van der Waals surface area contributed by atoms with Crippen molar-refractivity contribution in [2.45, 2.75) is 5.88 Å². The fraction of sp³-hybridized carbons (Fsp3) is 0.0909. The van der Waals surface area contributed by atoms with Crippen LogP contribution in [0.15, 0.2) is 36.4 Å². The van der Waals surface area contributed by atoms with E-state index in [1.807, 2.05) is 36.4 Å². The highest BCUT2D eigenvalue weighted by Crippen LogP contribution is 2.26. The largest absolute Gasteiger partial charge is 0.373 e. The van der Waals surface area contributed by atoms with Gasteiger partial charge >= 0.3 is 6.00 Å². The fourth-order valence-corrected chi connectivity index (χ4v) is 4.24. The van der Waals surface area contributed by atoms with Crippen molar-refractivity contribution in [3.8, 4) is 0 Å². The summed E-state index contributed by atoms with van der Waals surface area (Å²) in [7, 11) is 0. The van der Waals surface area contributed by atoms with E-state index in [0.717, 1.165) is 21.5 Å². The molecule has 0 aliphatic heterocycles. The molecule has 2 aromatic rings. The van der Waals surface area contributed by atoms with Gasteiger partial charge in [-0.3, -0.25) is 0 Å². The number of hydrogen-bond acceptors (Lipinski definition) is 0. The topological polar surface area (TPSA) is 0 Å². The molecule has 0 amide bonds. The molecule has 0 radical (unpaired) electrons. The van der Waals surface area contributed by atoms with E-state index >= 15 is 0 Å². The van der Waals surface area contributed by atoms with Crippen LogP contribution < -0.4 is 5.19 Å². The van der Waals surface area contributed by atoms with Crippen LogP contribution in [0.3, 0.4) is 0 Å². The number of hydrogen-bond donors (Lipinski definition) is 0. The highest BCUT2D eigenvalue weighted by Gasteiger charge is 2.30. The van der Waals surface area contributed by atoms with Crippen LogP contribution in [0.4, 0.5) is 0 Å². The number of halogens is 4. The minimum Gasteiger partial charge on any atom is -0.122 e. The zero-order valence-corrected chi connectivity index (χ0v) is 12.2. The van der Waals surface area contributed by atoms with Gasteiger partial charge in [-0.1, -0.05) is 36.4 Å². The highest BCUT2D eigenvalue weighted by atomic mass is 35.8. The Morgan fingerprint density at radius 2 is 1.50 bits per heavy atom. The molecule has 0 fully saturated rings. The van der Waals surface area contributed by atoms with Gasteiger partial charge in [0.15, 0.2) is 0 Å². The first-order valence-electron chi connectivity index (χ1n) is 4.68. The van der Waals surface area contributed by atoms with E-state index < -0.39 is 6.00 Å². The summed E-state index contributed by atoms with van der Waals surface area (Å²) in [6.07, 6.45) is 0. The van der Waals surface area contributed by atoms with Crippen LogP contribution in [0, 0.1) is 0 Å². The van der Waals surface area contributed by atoms with Crippen LogP contribution in [0.1, 0.15) is 5.56 Å². The van der Waals surface area contributed by atoms with E-state index in [9.17, 15) is 0 Å². The summed E-state index contributed by atoms with van der Waals surface area (Å²) < 4.78 is 0. The lowest BCUT2D eigenvalue weighted by Crippen LogP contribution is -2.30. The standard InChI is InChI=1S/C11H8Cl4Si/c12-7-8-5-6-11(16(13,14)15)10-4-2-1-3-9(8)10/h1-6H,7H2. The molecule has 2 rings (SSSR count). The average molecular weight is 310 g/mol. The third-order valence-corrected chi connectivity index (χ3v) is 5.63. The Bertz CT molecular complexity index is 519. The molecule has 16 heavy (non-hydrogen) atoms. The predicted molar refractivity (Wildman–Crippen MR) is 76.5 cm³/mol. The Labute approximate surface area is 114 Å². The Morgan fingerprint density at radius 3 is 2.06 bits per heavy atom. The number of benzene rings is 2. The van der Waals surface area contributed by atoms with Gasteiger partial charge in [0.1, 0.15) is 0 Å². The molecular weight excluding hydrogens is 302 g/mol. The first-order chi connectivity index (χ1) is 7.54. The second-order valence-corrected chi connectivity index (χ2v) is 12.1. The van der Waals surface area contributed by atoms with Crippen LogP contribution in [-0.2, 0) is 5.88 Å². The van der Waals surface area contributed by atoms with Gasteiger partial charge in [-0.15, -0.1) is 44.8 Å². The maximum Gasteiger partial charge on any atom is 0.373 e. The Balaban J connectivity index is 2.80. The van der Waals surface area contributed by atoms with E-state index in [4.69, 9.17) is 44.8 Å². The van der Waals surface area contributed by atoms with Gasteiger partial charge < -0.3 is 0 Å². The summed E-state index contributed by atoms with van der Waals surface area (Å²) in [5.74, 6) is 0.461. The minimum absolute atomic E-state index is 0.461. The monoisotopic (exact) mass is 308 g/mol. The smallest absolute Gasteiger partial charge is 0.122 e. The molecule has 0 aliphatic carbocycles. The fourth-order valence-electron chi connectivity index (χ4n) is 1.73. The molecule has 0 bridgehead atoms. The first-order valence-corrected chi connectivity index (χ1v) is 10.2. The maximum absolute atomic E-state index is 6.07. The van der Waals surface area contributed by atoms with E-state index in [0.29, 0.717) is 5.88 Å². The summed E-state index contributed by atoms with van der Waals surface area (Å²) in [5, 5.41) is 2.88. The third-order valence-electron chi connectivity index (χ3n) is 2.46. The normalized spacial score (nSPS) is 12.0. The van der Waals surface area contributed by atoms with Crippen molar-refractivity contribution in [1.82, 2.24) is 0 Å². The van der Waals surface area contributed by atoms with Crippen LogP contribution >= 0.6 is 44.8 Å². The van der Waals surface area contributed by atoms with Gasteiger partial charge in [-0.2, -0.15) is 0 Å². The van der Waals surface area contributed by atoms with Crippen molar-refractivity contribution in [1.29, 1.82) is 0 Å². The second kappa shape index (κ2) is 4.75. The highest BCUT2D eigenvalue weighted by molar-refractivity contribution is 7.69. The van der Waals surface area contributed by atoms with Crippen LogP contribution in [-0.4, -0.2) is 6.00 Å². The molecule has 5 heteroatoms. The molecule has 0 spiro atoms. The van der Waals surface area contributed by atoms with Crippen LogP contribution in [0.2, 0.25) is 0 Å². The molecule has 0 nitrogen and oxygen atoms in total. The molecule has 0 saturated carbocycles. The average Bonchev–Trinajstić information content (AvgIpc) is 2.26. The van der Waals surface area contributed by atoms with Crippen molar-refractivity contribution in [3.05, 3.63) is 42.0 Å². The van der Waals surface area contributed by atoms with Gasteiger partial charge in [0, 0.05) is 5.88 Å². The van der Waals surface area contributed by atoms with Gasteiger partial charge in [-0.05, 0) is 21.5 Å². The zero-order chi connectivity index (χ0) is 11.8. The molecule has 84 valence electrons. The van der Waals surface area contributed by atoms with Crippen molar-refractivity contribution in [3.63, 3.8) is 0 Å². The second-order valence-electron chi connectivity index (χ2n) is 3.45. The summed E-state index contributed by atoms with van der Waals surface area (Å²) >= 11 is 24.1. The van der Waals surface area contributed by atoms with Gasteiger partial charge in [0.25, 0.3) is 0 Å². The first kappa shape index (κ1) is 12.5. The molecule has 0 saturated heterocycles. The number of alkyl halides is 1. The SMILES string of the molecule is ClCc1ccc([Si](Cl)(Cl)Cl)c2ccccc12. The van der Waals surface area contributed by atoms with Crippen LogP contribution in [0.5, 0.6) is 0 Å². The van der Waals surface area contributed by atoms with Crippen molar-refractivity contribution in [2.24, 2.45) is 0 Å². The summed E-state index contributed by atoms with van der Waals surface area (Å²) in [6.45, 7) is 0. The van der Waals surface area contributed by atoms with Gasteiger partial charge in [0.2, 0.25) is 0 Å². The molecule has 0 heterocycles. The lowest BCUT2D eigenvalue weighted by atomic mass is 10.1. The lowest BCUT2D eigenvalue weighted by Gasteiger charge is -2.13. The molecular formula is C11H8Cl4Si. The van der Waals surface area contributed by atoms with E-state index in [-0.39, 0.29) is 0 Å². The van der Waals surface area contributed by atoms with E-state index in [1.165, 1.54) is 0 Å². The zero-order valence-electron chi connectivity index (χ0n) is 8.18. The summed E-state index contributed by atoms with van der Waals surface area (Å²) in [5.41, 5.74) is 1.06. The molecule has 0 unspecified atom stereocenters. The van der Waals surface area contributed by atoms with Crippen molar-refractivity contribution >= 4 is 66.8 Å². The quantitative estimate of drug-likeness (QED) is 0.437. The predicted octanol–water partition coefficient (Wildman–Crippen LogP) is 4.44. The number of fused-ring (bicyclic) bond motifs is 1. The van der Waals surface area contributed by atoms with Gasteiger partial charge in [-0.25, -0.2) is 0 Å². The molecule has 0 aliphatic rings. The van der Waals surface area contributed by atoms with Crippen molar-refractivity contribution < 1.29 is 0 Å². The van der Waals surface area contributed by atoms with E-state index in [2.05, 4.69) is 0 Å². The lowest BCUT2D eigenvalue weighted by molar-refractivity contribution is 1.46. The Kier molecular flexibility index (Phi) is 3.72. The van der Waals surface area contributed by atoms with E-state index in [1.54, 1.807) is 0 Å². The molecule has 0 N–H and O–H groups in total. The van der Waals surface area contributed by atoms with Gasteiger partial charge in [0.05, 0.1) is 0 Å².